The highest BCUT2D eigenvalue weighted by molar-refractivity contribution is 6.54. The van der Waals surface area contributed by atoms with Crippen molar-refractivity contribution in [3.63, 3.8) is 0 Å². The zero-order chi connectivity index (χ0) is 11.9. The van der Waals surface area contributed by atoms with Crippen molar-refractivity contribution in [1.29, 1.82) is 0 Å². The van der Waals surface area contributed by atoms with Crippen LogP contribution in [0.3, 0.4) is 0 Å². The van der Waals surface area contributed by atoms with E-state index in [0.717, 1.165) is 15.1 Å². The first kappa shape index (κ1) is 12.1. The molecule has 0 aromatic heterocycles. The summed E-state index contributed by atoms with van der Waals surface area (Å²) in [6.07, 6.45) is 2.47. The molecule has 0 amide bonds. The summed E-state index contributed by atoms with van der Waals surface area (Å²) in [5.74, 6) is 0. The summed E-state index contributed by atoms with van der Waals surface area (Å²) >= 11 is 0. The van der Waals surface area contributed by atoms with Gasteiger partial charge < -0.3 is 0 Å². The van der Waals surface area contributed by atoms with Gasteiger partial charge in [-0.2, -0.15) is 0 Å². The average molecular weight is 238 g/mol. The molecule has 2 aromatic rings. The minimum absolute atomic E-state index is 0.776. The van der Waals surface area contributed by atoms with Crippen LogP contribution < -0.4 is 5.19 Å². The summed E-state index contributed by atoms with van der Waals surface area (Å²) in [6.45, 7) is 2.36. The maximum absolute atomic E-state index is 2.36. The largest absolute Gasteiger partial charge is 0.0839 e. The Morgan fingerprint density at radius 1 is 0.882 bits per heavy atom. The second kappa shape index (κ2) is 6.41. The van der Waals surface area contributed by atoms with E-state index in [1.807, 2.05) is 0 Å². The Morgan fingerprint density at radius 3 is 2.12 bits per heavy atom. The smallest absolute Gasteiger partial charge is 0.0650 e. The molecule has 0 spiro atoms. The van der Waals surface area contributed by atoms with Crippen molar-refractivity contribution in [1.82, 2.24) is 0 Å². The Balaban J connectivity index is 1.80. The molecule has 1 unspecified atom stereocenters. The first-order valence-electron chi connectivity index (χ1n) is 6.20. The molecule has 1 atom stereocenters. The van der Waals surface area contributed by atoms with Gasteiger partial charge >= 0.3 is 0 Å². The Kier molecular flexibility index (Phi) is 4.57. The first-order valence-corrected chi connectivity index (χ1v) is 7.28. The standard InChI is InChI=1S/C16H18Si/c1-14(17-16-10-6-3-7-11-16)12-13-15-8-4-2-5-9-15/h2-11,14H,12-13H2,1H3. The molecule has 86 valence electrons. The van der Waals surface area contributed by atoms with E-state index in [4.69, 9.17) is 0 Å². The number of hydrogen-bond acceptors (Lipinski definition) is 0. The highest BCUT2D eigenvalue weighted by Crippen LogP contribution is 2.12. The summed E-state index contributed by atoms with van der Waals surface area (Å²) < 4.78 is 0. The van der Waals surface area contributed by atoms with E-state index in [1.54, 1.807) is 0 Å². The highest BCUT2D eigenvalue weighted by atomic mass is 28.2. The lowest BCUT2D eigenvalue weighted by Gasteiger charge is -2.10. The Morgan fingerprint density at radius 2 is 1.47 bits per heavy atom. The van der Waals surface area contributed by atoms with Crippen molar-refractivity contribution in [3.8, 4) is 0 Å². The molecule has 0 N–H and O–H groups in total. The second-order valence-corrected chi connectivity index (χ2v) is 6.29. The van der Waals surface area contributed by atoms with E-state index < -0.39 is 0 Å². The summed E-state index contributed by atoms with van der Waals surface area (Å²) in [4.78, 5) is 0. The van der Waals surface area contributed by atoms with Crippen LogP contribution in [0, 0.1) is 0 Å². The van der Waals surface area contributed by atoms with Crippen LogP contribution in [0.2, 0.25) is 5.54 Å². The molecule has 0 saturated carbocycles. The third-order valence-electron chi connectivity index (χ3n) is 2.90. The van der Waals surface area contributed by atoms with Gasteiger partial charge in [0, 0.05) is 0 Å². The van der Waals surface area contributed by atoms with E-state index in [9.17, 15) is 0 Å². The Labute approximate surface area is 107 Å². The van der Waals surface area contributed by atoms with E-state index in [1.165, 1.54) is 23.6 Å². The molecule has 0 aliphatic carbocycles. The number of benzene rings is 2. The first-order chi connectivity index (χ1) is 8.34. The number of hydrogen-bond donors (Lipinski definition) is 0. The van der Waals surface area contributed by atoms with Crippen molar-refractivity contribution >= 4 is 14.7 Å². The third-order valence-corrected chi connectivity index (χ3v) is 4.34. The monoisotopic (exact) mass is 238 g/mol. The van der Waals surface area contributed by atoms with Crippen LogP contribution in [0.5, 0.6) is 0 Å². The lowest BCUT2D eigenvalue weighted by atomic mass is 10.1. The number of aryl methyl sites for hydroxylation is 1. The topological polar surface area (TPSA) is 0 Å². The molecular formula is C16H18Si. The predicted octanol–water partition coefficient (Wildman–Crippen LogP) is 3.46. The zero-order valence-electron chi connectivity index (χ0n) is 10.3. The normalized spacial score (nSPS) is 12.3. The SMILES string of the molecule is CC(CCc1ccccc1)[Si]c1ccccc1. The molecule has 2 rings (SSSR count). The molecule has 0 aliphatic heterocycles. The van der Waals surface area contributed by atoms with E-state index in [-0.39, 0.29) is 0 Å². The molecule has 0 fully saturated rings. The van der Waals surface area contributed by atoms with Gasteiger partial charge in [-0.25, -0.2) is 0 Å². The fourth-order valence-electron chi connectivity index (χ4n) is 1.92. The van der Waals surface area contributed by atoms with Gasteiger partial charge in [-0.3, -0.25) is 0 Å². The van der Waals surface area contributed by atoms with Crippen LogP contribution in [0.25, 0.3) is 0 Å². The number of rotatable bonds is 5. The quantitative estimate of drug-likeness (QED) is 0.700. The molecule has 0 saturated heterocycles. The lowest BCUT2D eigenvalue weighted by Crippen LogP contribution is -2.17. The van der Waals surface area contributed by atoms with Gasteiger partial charge in [-0.15, -0.1) is 0 Å². The van der Waals surface area contributed by atoms with Crippen LogP contribution in [-0.4, -0.2) is 9.52 Å². The van der Waals surface area contributed by atoms with Gasteiger partial charge in [0.25, 0.3) is 0 Å². The van der Waals surface area contributed by atoms with Gasteiger partial charge in [0.1, 0.15) is 0 Å². The molecule has 2 radical (unpaired) electrons. The van der Waals surface area contributed by atoms with Gasteiger partial charge in [0.2, 0.25) is 0 Å². The van der Waals surface area contributed by atoms with Gasteiger partial charge in [0.15, 0.2) is 0 Å². The predicted molar refractivity (Wildman–Crippen MR) is 76.0 cm³/mol. The van der Waals surface area contributed by atoms with Gasteiger partial charge in [-0.1, -0.05) is 72.8 Å². The van der Waals surface area contributed by atoms with Crippen LogP contribution in [0.4, 0.5) is 0 Å². The molecule has 0 aliphatic rings. The lowest BCUT2D eigenvalue weighted by molar-refractivity contribution is 0.787. The summed E-state index contributed by atoms with van der Waals surface area (Å²) in [6, 6.07) is 21.6. The van der Waals surface area contributed by atoms with Crippen molar-refractivity contribution in [2.45, 2.75) is 25.3 Å². The second-order valence-electron chi connectivity index (χ2n) is 4.44. The molecule has 0 heterocycles. The maximum Gasteiger partial charge on any atom is 0.0839 e. The molecule has 17 heavy (non-hydrogen) atoms. The van der Waals surface area contributed by atoms with Crippen molar-refractivity contribution in [2.75, 3.05) is 0 Å². The van der Waals surface area contributed by atoms with Crippen molar-refractivity contribution < 1.29 is 0 Å². The molecular weight excluding hydrogens is 220 g/mol. The van der Waals surface area contributed by atoms with Crippen molar-refractivity contribution in [2.24, 2.45) is 0 Å². The molecule has 1 heteroatoms. The zero-order valence-corrected chi connectivity index (χ0v) is 11.3. The fraction of sp³-hybridized carbons (Fsp3) is 0.250. The minimum Gasteiger partial charge on any atom is -0.0650 e. The summed E-state index contributed by atoms with van der Waals surface area (Å²) in [5.41, 5.74) is 2.23. The third kappa shape index (κ3) is 4.20. The summed E-state index contributed by atoms with van der Waals surface area (Å²) in [7, 11) is 0.930. The van der Waals surface area contributed by atoms with E-state index >= 15 is 0 Å². The van der Waals surface area contributed by atoms with E-state index in [0.29, 0.717) is 0 Å². The van der Waals surface area contributed by atoms with Crippen molar-refractivity contribution in [3.05, 3.63) is 66.2 Å². The van der Waals surface area contributed by atoms with Crippen LogP contribution in [0.15, 0.2) is 60.7 Å². The maximum atomic E-state index is 2.36. The highest BCUT2D eigenvalue weighted by Gasteiger charge is 2.05. The van der Waals surface area contributed by atoms with Crippen LogP contribution in [0.1, 0.15) is 18.9 Å². The average Bonchev–Trinajstić information content (AvgIpc) is 2.39. The Bertz CT molecular complexity index is 422. The Hall–Kier alpha value is -1.34. The van der Waals surface area contributed by atoms with Gasteiger partial charge in [-0.05, 0) is 23.9 Å². The van der Waals surface area contributed by atoms with Gasteiger partial charge in [0.05, 0.1) is 9.52 Å². The van der Waals surface area contributed by atoms with Crippen LogP contribution in [-0.2, 0) is 6.42 Å². The summed E-state index contributed by atoms with van der Waals surface area (Å²) in [5, 5.41) is 1.48. The van der Waals surface area contributed by atoms with E-state index in [2.05, 4.69) is 67.6 Å². The molecule has 0 bridgehead atoms. The molecule has 0 nitrogen and oxygen atoms in total. The fourth-order valence-corrected chi connectivity index (χ4v) is 3.16. The van der Waals surface area contributed by atoms with Crippen LogP contribution >= 0.6 is 0 Å². The molecule has 2 aromatic carbocycles. The minimum atomic E-state index is 0.776.